The SMILES string of the molecule is CCCCCCCCCC(C)CCN.CCOS(=O)(=O)O. The first-order chi connectivity index (χ1) is 9.87. The molecule has 3 N–H and O–H groups in total. The van der Waals surface area contributed by atoms with Crippen molar-refractivity contribution in [3.8, 4) is 0 Å². The third-order valence-electron chi connectivity index (χ3n) is 3.23. The van der Waals surface area contributed by atoms with E-state index in [-0.39, 0.29) is 6.61 Å². The summed E-state index contributed by atoms with van der Waals surface area (Å²) in [5.41, 5.74) is 5.51. The minimum Gasteiger partial charge on any atom is -0.330 e. The van der Waals surface area contributed by atoms with Gasteiger partial charge in [0.2, 0.25) is 0 Å². The molecular formula is C15H35NO4S. The van der Waals surface area contributed by atoms with Crippen LogP contribution in [0.3, 0.4) is 0 Å². The first kappa shape index (κ1) is 23.1. The second kappa shape index (κ2) is 16.2. The standard InChI is InChI=1S/C13H29N.C2H6O4S/c1-3-4-5-6-7-8-9-10-13(2)11-12-14;1-2-6-7(3,4)5/h13H,3-12,14H2,1-2H3;2H2,1H3,(H,3,4,5). The lowest BCUT2D eigenvalue weighted by atomic mass is 9.99. The largest absolute Gasteiger partial charge is 0.397 e. The zero-order chi connectivity index (χ0) is 16.6. The molecule has 0 spiro atoms. The number of hydrogen-bond donors (Lipinski definition) is 2. The van der Waals surface area contributed by atoms with Crippen LogP contribution in [0.15, 0.2) is 0 Å². The Morgan fingerprint density at radius 1 is 1.00 bits per heavy atom. The Bertz CT molecular complexity index is 294. The van der Waals surface area contributed by atoms with Crippen molar-refractivity contribution in [2.24, 2.45) is 11.7 Å². The van der Waals surface area contributed by atoms with E-state index in [2.05, 4.69) is 18.0 Å². The van der Waals surface area contributed by atoms with Crippen LogP contribution in [0.1, 0.15) is 78.6 Å². The quantitative estimate of drug-likeness (QED) is 0.419. The smallest absolute Gasteiger partial charge is 0.330 e. The Kier molecular flexibility index (Phi) is 17.8. The lowest BCUT2D eigenvalue weighted by Gasteiger charge is -2.08. The number of rotatable bonds is 12. The summed E-state index contributed by atoms with van der Waals surface area (Å²) in [6, 6.07) is 0. The van der Waals surface area contributed by atoms with Crippen LogP contribution in [0.4, 0.5) is 0 Å². The highest BCUT2D eigenvalue weighted by molar-refractivity contribution is 7.80. The minimum atomic E-state index is -4.17. The van der Waals surface area contributed by atoms with E-state index in [1.807, 2.05) is 0 Å². The summed E-state index contributed by atoms with van der Waals surface area (Å²) in [7, 11) is -4.17. The van der Waals surface area contributed by atoms with Crippen molar-refractivity contribution in [3.63, 3.8) is 0 Å². The second-order valence-corrected chi connectivity index (χ2v) is 6.52. The van der Waals surface area contributed by atoms with Crippen molar-refractivity contribution in [3.05, 3.63) is 0 Å². The van der Waals surface area contributed by atoms with Gasteiger partial charge in [0.05, 0.1) is 6.61 Å². The summed E-state index contributed by atoms with van der Waals surface area (Å²) in [6.07, 6.45) is 12.5. The predicted molar refractivity (Wildman–Crippen MR) is 88.6 cm³/mol. The van der Waals surface area contributed by atoms with E-state index in [0.717, 1.165) is 12.5 Å². The Labute approximate surface area is 131 Å². The molecule has 0 amide bonds. The van der Waals surface area contributed by atoms with Crippen LogP contribution in [-0.4, -0.2) is 26.1 Å². The Hall–Kier alpha value is -0.170. The van der Waals surface area contributed by atoms with Gasteiger partial charge in [-0.1, -0.05) is 65.2 Å². The van der Waals surface area contributed by atoms with Crippen molar-refractivity contribution < 1.29 is 17.2 Å². The maximum atomic E-state index is 9.56. The molecule has 0 fully saturated rings. The van der Waals surface area contributed by atoms with Crippen LogP contribution in [-0.2, 0) is 14.6 Å². The molecule has 0 radical (unpaired) electrons. The van der Waals surface area contributed by atoms with Crippen molar-refractivity contribution in [1.29, 1.82) is 0 Å². The average Bonchev–Trinajstić information content (AvgIpc) is 2.37. The van der Waals surface area contributed by atoms with E-state index in [1.54, 1.807) is 0 Å². The molecule has 6 heteroatoms. The fraction of sp³-hybridized carbons (Fsp3) is 1.00. The lowest BCUT2D eigenvalue weighted by Crippen LogP contribution is -2.05. The first-order valence-electron chi connectivity index (χ1n) is 8.19. The minimum absolute atomic E-state index is 0.0289. The van der Waals surface area contributed by atoms with Crippen molar-refractivity contribution >= 4 is 10.4 Å². The van der Waals surface area contributed by atoms with Crippen molar-refractivity contribution in [2.75, 3.05) is 13.2 Å². The summed E-state index contributed by atoms with van der Waals surface area (Å²) in [6.45, 7) is 6.89. The molecular weight excluding hydrogens is 290 g/mol. The fourth-order valence-corrected chi connectivity index (χ4v) is 2.33. The van der Waals surface area contributed by atoms with Gasteiger partial charge in [-0.2, -0.15) is 8.42 Å². The summed E-state index contributed by atoms with van der Waals surface area (Å²) in [4.78, 5) is 0. The van der Waals surface area contributed by atoms with Crippen LogP contribution in [0, 0.1) is 5.92 Å². The zero-order valence-electron chi connectivity index (χ0n) is 14.0. The normalized spacial score (nSPS) is 12.6. The van der Waals surface area contributed by atoms with Gasteiger partial charge in [0.1, 0.15) is 0 Å². The lowest BCUT2D eigenvalue weighted by molar-refractivity contribution is 0.283. The molecule has 0 heterocycles. The average molecular weight is 326 g/mol. The van der Waals surface area contributed by atoms with E-state index in [1.165, 1.54) is 64.7 Å². The molecule has 21 heavy (non-hydrogen) atoms. The van der Waals surface area contributed by atoms with Gasteiger partial charge in [-0.3, -0.25) is 4.55 Å². The van der Waals surface area contributed by atoms with Gasteiger partial charge in [0, 0.05) is 0 Å². The van der Waals surface area contributed by atoms with Gasteiger partial charge in [0.25, 0.3) is 0 Å². The third kappa shape index (κ3) is 25.2. The Morgan fingerprint density at radius 3 is 1.90 bits per heavy atom. The summed E-state index contributed by atoms with van der Waals surface area (Å²) < 4.78 is 30.7. The van der Waals surface area contributed by atoms with Gasteiger partial charge in [-0.25, -0.2) is 4.18 Å². The summed E-state index contributed by atoms with van der Waals surface area (Å²) >= 11 is 0. The van der Waals surface area contributed by atoms with Gasteiger partial charge in [0.15, 0.2) is 0 Å². The monoisotopic (exact) mass is 325 g/mol. The van der Waals surface area contributed by atoms with Crippen molar-refractivity contribution in [1.82, 2.24) is 0 Å². The van der Waals surface area contributed by atoms with E-state index >= 15 is 0 Å². The van der Waals surface area contributed by atoms with E-state index in [4.69, 9.17) is 10.3 Å². The van der Waals surface area contributed by atoms with Gasteiger partial charge >= 0.3 is 10.4 Å². The first-order valence-corrected chi connectivity index (χ1v) is 9.55. The highest BCUT2D eigenvalue weighted by atomic mass is 32.3. The summed E-state index contributed by atoms with van der Waals surface area (Å²) in [5.74, 6) is 0.843. The van der Waals surface area contributed by atoms with Crippen LogP contribution >= 0.6 is 0 Å². The molecule has 0 aromatic rings. The molecule has 0 aromatic heterocycles. The Balaban J connectivity index is 0. The molecule has 0 aliphatic heterocycles. The van der Waals surface area contributed by atoms with E-state index in [0.29, 0.717) is 0 Å². The van der Waals surface area contributed by atoms with E-state index < -0.39 is 10.4 Å². The van der Waals surface area contributed by atoms with Crippen LogP contribution in [0.25, 0.3) is 0 Å². The maximum Gasteiger partial charge on any atom is 0.397 e. The zero-order valence-corrected chi connectivity index (χ0v) is 14.8. The molecule has 0 bridgehead atoms. The summed E-state index contributed by atoms with van der Waals surface area (Å²) in [5, 5.41) is 0. The van der Waals surface area contributed by atoms with Crippen molar-refractivity contribution in [2.45, 2.75) is 78.6 Å². The number of hydrogen-bond acceptors (Lipinski definition) is 4. The molecule has 0 rings (SSSR count). The van der Waals surface area contributed by atoms with Crippen LogP contribution in [0.2, 0.25) is 0 Å². The molecule has 0 aliphatic carbocycles. The number of unbranched alkanes of at least 4 members (excludes halogenated alkanes) is 6. The molecule has 0 saturated carbocycles. The van der Waals surface area contributed by atoms with Gasteiger partial charge in [-0.05, 0) is 25.8 Å². The highest BCUT2D eigenvalue weighted by Crippen LogP contribution is 2.14. The second-order valence-electron chi connectivity index (χ2n) is 5.43. The highest BCUT2D eigenvalue weighted by Gasteiger charge is 2.00. The third-order valence-corrected chi connectivity index (χ3v) is 3.76. The maximum absolute atomic E-state index is 9.56. The van der Waals surface area contributed by atoms with Gasteiger partial charge in [-0.15, -0.1) is 0 Å². The molecule has 0 saturated heterocycles. The van der Waals surface area contributed by atoms with E-state index in [9.17, 15) is 8.42 Å². The molecule has 1 atom stereocenters. The molecule has 0 aromatic carbocycles. The fourth-order valence-electron chi connectivity index (χ4n) is 2.03. The molecule has 130 valence electrons. The van der Waals surface area contributed by atoms with Gasteiger partial charge < -0.3 is 5.73 Å². The Morgan fingerprint density at radius 2 is 1.52 bits per heavy atom. The number of nitrogens with two attached hydrogens (primary N) is 1. The molecule has 0 aliphatic rings. The van der Waals surface area contributed by atoms with Crippen LogP contribution in [0.5, 0.6) is 0 Å². The topological polar surface area (TPSA) is 89.6 Å². The molecule has 5 nitrogen and oxygen atoms in total. The molecule has 1 unspecified atom stereocenters. The van der Waals surface area contributed by atoms with Crippen LogP contribution < -0.4 is 5.73 Å². The predicted octanol–water partition coefficient (Wildman–Crippen LogP) is 3.94.